The second kappa shape index (κ2) is 13.8. The number of ether oxygens (including phenoxy) is 2. The van der Waals surface area contributed by atoms with Gasteiger partial charge in [-0.1, -0.05) is 12.1 Å². The number of hydrogen-bond acceptors (Lipinski definition) is 5. The summed E-state index contributed by atoms with van der Waals surface area (Å²) in [4.78, 5) is 11.9. The summed E-state index contributed by atoms with van der Waals surface area (Å²) in [6.45, 7) is 13.4. The molecular formula is C19H30ClNO5S. The van der Waals surface area contributed by atoms with Crippen LogP contribution in [0.4, 0.5) is 0 Å². The fourth-order valence-electron chi connectivity index (χ4n) is 2.34. The zero-order valence-electron chi connectivity index (χ0n) is 16.3. The Morgan fingerprint density at radius 3 is 2.26 bits per heavy atom. The van der Waals surface area contributed by atoms with Crippen LogP contribution in [0.1, 0.15) is 37.6 Å². The molecule has 154 valence electrons. The summed E-state index contributed by atoms with van der Waals surface area (Å²) in [7, 11) is -3.53. The second-order valence-corrected chi connectivity index (χ2v) is 7.56. The number of hydrogen-bond donors (Lipinski definition) is 0. The van der Waals surface area contributed by atoms with Crippen molar-refractivity contribution in [2.75, 3.05) is 32.2 Å². The third-order valence-electron chi connectivity index (χ3n) is 3.47. The van der Waals surface area contributed by atoms with Crippen LogP contribution in [-0.4, -0.2) is 57.0 Å². The van der Waals surface area contributed by atoms with Gasteiger partial charge in [0.25, 0.3) is 0 Å². The van der Waals surface area contributed by atoms with Crippen molar-refractivity contribution in [1.29, 1.82) is 0 Å². The molecule has 1 aliphatic rings. The number of sulfonamides is 1. The molecule has 0 aromatic heterocycles. The van der Waals surface area contributed by atoms with Crippen LogP contribution >= 0.6 is 11.6 Å². The summed E-state index contributed by atoms with van der Waals surface area (Å²) in [5, 5.41) is 0. The molecule has 1 aromatic carbocycles. The predicted molar refractivity (Wildman–Crippen MR) is 109 cm³/mol. The van der Waals surface area contributed by atoms with Crippen LogP contribution in [0.25, 0.3) is 0 Å². The van der Waals surface area contributed by atoms with Crippen LogP contribution < -0.4 is 0 Å². The predicted octanol–water partition coefficient (Wildman–Crippen LogP) is 3.71. The first-order valence-corrected chi connectivity index (χ1v) is 10.8. The number of Topliss-reactive ketones (excluding diaryl/α,β-unsaturated/α-hetero) is 1. The van der Waals surface area contributed by atoms with E-state index in [4.69, 9.17) is 21.1 Å². The van der Waals surface area contributed by atoms with Gasteiger partial charge in [-0.05, 0) is 39.3 Å². The number of carbonyl (C=O) groups is 1. The van der Waals surface area contributed by atoms with E-state index in [0.29, 0.717) is 12.3 Å². The number of halogens is 1. The average Bonchev–Trinajstić information content (AvgIpc) is 2.66. The van der Waals surface area contributed by atoms with Gasteiger partial charge < -0.3 is 9.47 Å². The lowest BCUT2D eigenvalue weighted by atomic mass is 10.1. The third kappa shape index (κ3) is 8.11. The summed E-state index contributed by atoms with van der Waals surface area (Å²) in [6, 6.07) is 6.30. The smallest absolute Gasteiger partial charge is 0.244 e. The van der Waals surface area contributed by atoms with Crippen molar-refractivity contribution < 1.29 is 22.7 Å². The van der Waals surface area contributed by atoms with E-state index in [-0.39, 0.29) is 35.6 Å². The van der Waals surface area contributed by atoms with Crippen molar-refractivity contribution in [3.8, 4) is 0 Å². The van der Waals surface area contributed by atoms with Crippen LogP contribution in [0.15, 0.2) is 42.3 Å². The van der Waals surface area contributed by atoms with E-state index < -0.39 is 10.0 Å². The quantitative estimate of drug-likeness (QED) is 0.382. The molecule has 27 heavy (non-hydrogen) atoms. The molecule has 0 bridgehead atoms. The molecule has 0 N–H and O–H groups in total. The highest BCUT2D eigenvalue weighted by atomic mass is 35.5. The molecule has 0 aliphatic carbocycles. The van der Waals surface area contributed by atoms with Crippen molar-refractivity contribution in [2.45, 2.75) is 38.4 Å². The summed E-state index contributed by atoms with van der Waals surface area (Å²) in [5.74, 6) is 0.215. The van der Waals surface area contributed by atoms with Gasteiger partial charge in [0.15, 0.2) is 12.1 Å². The van der Waals surface area contributed by atoms with Gasteiger partial charge in [-0.2, -0.15) is 4.31 Å². The molecule has 6 nitrogen and oxygen atoms in total. The molecule has 0 spiro atoms. The van der Waals surface area contributed by atoms with Crippen molar-refractivity contribution in [1.82, 2.24) is 4.31 Å². The minimum atomic E-state index is -3.53. The Hall–Kier alpha value is -1.25. The van der Waals surface area contributed by atoms with E-state index in [1.54, 1.807) is 18.2 Å². The third-order valence-corrected chi connectivity index (χ3v) is 5.64. The first-order chi connectivity index (χ1) is 12.9. The Morgan fingerprint density at radius 1 is 1.19 bits per heavy atom. The monoisotopic (exact) mass is 419 g/mol. The van der Waals surface area contributed by atoms with Crippen molar-refractivity contribution in [3.63, 3.8) is 0 Å². The molecule has 0 radical (unpaired) electrons. The van der Waals surface area contributed by atoms with E-state index in [1.165, 1.54) is 10.4 Å². The van der Waals surface area contributed by atoms with Gasteiger partial charge >= 0.3 is 0 Å². The highest BCUT2D eigenvalue weighted by Crippen LogP contribution is 2.25. The fourth-order valence-corrected chi connectivity index (χ4v) is 4.11. The van der Waals surface area contributed by atoms with Gasteiger partial charge in [-0.15, -0.1) is 24.8 Å². The van der Waals surface area contributed by atoms with Crippen LogP contribution in [-0.2, 0) is 19.5 Å². The van der Waals surface area contributed by atoms with Crippen molar-refractivity contribution >= 4 is 27.4 Å². The minimum absolute atomic E-state index is 0.0370. The zero-order valence-corrected chi connectivity index (χ0v) is 17.9. The highest BCUT2D eigenvalue weighted by molar-refractivity contribution is 7.89. The Kier molecular flexibility index (Phi) is 13.2. The number of nitrogens with zero attached hydrogens (tertiary/aromatic N) is 1. The Morgan fingerprint density at radius 2 is 1.74 bits per heavy atom. The molecular weight excluding hydrogens is 390 g/mol. The lowest BCUT2D eigenvalue weighted by molar-refractivity contribution is -0.123. The maximum absolute atomic E-state index is 12.2. The van der Waals surface area contributed by atoms with Gasteiger partial charge in [-0.3, -0.25) is 4.79 Å². The van der Waals surface area contributed by atoms with Crippen molar-refractivity contribution in [2.24, 2.45) is 0 Å². The molecule has 0 saturated carbocycles. The van der Waals surface area contributed by atoms with Crippen LogP contribution in [0, 0.1) is 0 Å². The molecule has 8 heteroatoms. The molecule has 0 unspecified atom stereocenters. The summed E-state index contributed by atoms with van der Waals surface area (Å²) < 4.78 is 35.7. The lowest BCUT2D eigenvalue weighted by Crippen LogP contribution is -2.41. The Balaban J connectivity index is 0.000000574. The number of alkyl halides is 1. The van der Waals surface area contributed by atoms with E-state index in [2.05, 4.69) is 13.2 Å². The van der Waals surface area contributed by atoms with Gasteiger partial charge in [0.1, 0.15) is 0 Å². The van der Waals surface area contributed by atoms with Crippen LogP contribution in [0.5, 0.6) is 0 Å². The summed E-state index contributed by atoms with van der Waals surface area (Å²) in [5.41, 5.74) is 0.287. The molecule has 1 aromatic rings. The van der Waals surface area contributed by atoms with Gasteiger partial charge in [0.2, 0.25) is 10.0 Å². The van der Waals surface area contributed by atoms with Crippen molar-refractivity contribution in [3.05, 3.63) is 43.0 Å². The molecule has 1 aliphatic heterocycles. The fraction of sp³-hybridized carbons (Fsp3) is 0.526. The highest BCUT2D eigenvalue weighted by Gasteiger charge is 2.35. The number of ketones is 1. The van der Waals surface area contributed by atoms with E-state index in [0.717, 1.165) is 13.2 Å². The number of fused-ring (bicyclic) bond motifs is 1. The van der Waals surface area contributed by atoms with E-state index in [9.17, 15) is 13.2 Å². The molecule has 0 atom stereocenters. The van der Waals surface area contributed by atoms with Gasteiger partial charge in [0, 0.05) is 31.2 Å². The largest absolute Gasteiger partial charge is 0.353 e. The van der Waals surface area contributed by atoms with Crippen LogP contribution in [0.2, 0.25) is 0 Å². The molecule has 0 saturated heterocycles. The summed E-state index contributed by atoms with van der Waals surface area (Å²) in [6.07, 6.45) is 0.501. The van der Waals surface area contributed by atoms with Gasteiger partial charge in [-0.25, -0.2) is 8.42 Å². The zero-order chi connectivity index (χ0) is 20.9. The Bertz CT molecular complexity index is 660. The molecule has 0 fully saturated rings. The maximum atomic E-state index is 12.2. The van der Waals surface area contributed by atoms with E-state index in [1.807, 2.05) is 20.8 Å². The van der Waals surface area contributed by atoms with Crippen LogP contribution in [0.3, 0.4) is 0 Å². The first-order valence-electron chi connectivity index (χ1n) is 8.80. The van der Waals surface area contributed by atoms with Gasteiger partial charge in [0.05, 0.1) is 11.4 Å². The SMILES string of the molecule is C=C.CCOC(C)OCC.O=C1CN(CCCCl)S(=O)(=O)c2ccccc21. The Labute approximate surface area is 168 Å². The summed E-state index contributed by atoms with van der Waals surface area (Å²) >= 11 is 5.54. The van der Waals surface area contributed by atoms with E-state index >= 15 is 0 Å². The standard InChI is InChI=1S/C11H12ClNO3S.C6H14O2.C2H4/c12-6-3-7-13-8-10(14)9-4-1-2-5-11(9)17(13,15)16;1-4-7-6(3)8-5-2;1-2/h1-2,4-5H,3,6-8H2;6H,4-5H2,1-3H3;1-2H2. The topological polar surface area (TPSA) is 72.9 Å². The number of benzene rings is 1. The molecule has 1 heterocycles. The lowest BCUT2D eigenvalue weighted by Gasteiger charge is -2.26. The molecule has 2 rings (SSSR count). The molecule has 0 amide bonds. The minimum Gasteiger partial charge on any atom is -0.353 e. The average molecular weight is 420 g/mol. The number of rotatable bonds is 7. The normalized spacial score (nSPS) is 15.2. The number of carbonyl (C=O) groups excluding carboxylic acids is 1. The first kappa shape index (κ1) is 25.8. The second-order valence-electron chi connectivity index (χ2n) is 5.28. The maximum Gasteiger partial charge on any atom is 0.244 e.